The highest BCUT2D eigenvalue weighted by molar-refractivity contribution is 5.99. The molecule has 0 bridgehead atoms. The average molecular weight is 309 g/mol. The standard InChI is InChI=1S/C16H12FN5O/c17-11-5-6-12-13(7-11)20-21-16(12)19-15(23)9-22-14-4-2-1-3-10(14)8-18-22/h1-8H,9H2,(H2,19,20,21,23). The fourth-order valence-corrected chi connectivity index (χ4v) is 2.55. The lowest BCUT2D eigenvalue weighted by Gasteiger charge is -2.04. The minimum Gasteiger partial charge on any atom is -0.307 e. The summed E-state index contributed by atoms with van der Waals surface area (Å²) in [6.45, 7) is 0.0725. The summed E-state index contributed by atoms with van der Waals surface area (Å²) in [5, 5.41) is 15.3. The Morgan fingerprint density at radius 3 is 3.04 bits per heavy atom. The Balaban J connectivity index is 1.57. The minimum atomic E-state index is -0.359. The Bertz CT molecular complexity index is 1020. The molecule has 2 heterocycles. The number of H-pyrrole nitrogens is 1. The summed E-state index contributed by atoms with van der Waals surface area (Å²) < 4.78 is 14.8. The molecule has 0 fully saturated rings. The van der Waals surface area contributed by atoms with Crippen LogP contribution in [0, 0.1) is 5.82 Å². The van der Waals surface area contributed by atoms with Crippen molar-refractivity contribution < 1.29 is 9.18 Å². The number of benzene rings is 2. The fourth-order valence-electron chi connectivity index (χ4n) is 2.55. The summed E-state index contributed by atoms with van der Waals surface area (Å²) in [7, 11) is 0. The number of halogens is 1. The molecule has 7 heteroatoms. The van der Waals surface area contributed by atoms with Crippen molar-refractivity contribution in [3.63, 3.8) is 0 Å². The van der Waals surface area contributed by atoms with E-state index in [0.717, 1.165) is 10.9 Å². The monoisotopic (exact) mass is 309 g/mol. The van der Waals surface area contributed by atoms with Gasteiger partial charge in [-0.3, -0.25) is 14.6 Å². The molecule has 2 aromatic heterocycles. The highest BCUT2D eigenvalue weighted by atomic mass is 19.1. The molecule has 1 amide bonds. The fraction of sp³-hybridized carbons (Fsp3) is 0.0625. The van der Waals surface area contributed by atoms with E-state index < -0.39 is 0 Å². The zero-order valence-electron chi connectivity index (χ0n) is 12.0. The first kappa shape index (κ1) is 13.4. The average Bonchev–Trinajstić information content (AvgIpc) is 3.12. The lowest BCUT2D eigenvalue weighted by atomic mass is 10.2. The molecule has 2 N–H and O–H groups in total. The SMILES string of the molecule is O=C(Cn1ncc2ccccc21)Nc1n[nH]c2cc(F)ccc12. The number of aromatic amines is 1. The van der Waals surface area contributed by atoms with E-state index in [4.69, 9.17) is 0 Å². The van der Waals surface area contributed by atoms with Crippen molar-refractivity contribution in [2.75, 3.05) is 5.32 Å². The van der Waals surface area contributed by atoms with Gasteiger partial charge in [0.1, 0.15) is 12.4 Å². The third kappa shape index (κ3) is 2.42. The van der Waals surface area contributed by atoms with Crippen LogP contribution in [-0.4, -0.2) is 25.9 Å². The van der Waals surface area contributed by atoms with Crippen LogP contribution in [0.4, 0.5) is 10.2 Å². The Morgan fingerprint density at radius 2 is 2.13 bits per heavy atom. The molecule has 0 saturated heterocycles. The Labute approximate surface area is 129 Å². The van der Waals surface area contributed by atoms with Gasteiger partial charge in [0.2, 0.25) is 5.91 Å². The van der Waals surface area contributed by atoms with Crippen molar-refractivity contribution in [1.29, 1.82) is 0 Å². The number of fused-ring (bicyclic) bond motifs is 2. The summed E-state index contributed by atoms with van der Waals surface area (Å²) >= 11 is 0. The van der Waals surface area contributed by atoms with Gasteiger partial charge in [-0.1, -0.05) is 18.2 Å². The van der Waals surface area contributed by atoms with Crippen LogP contribution in [0.25, 0.3) is 21.8 Å². The van der Waals surface area contributed by atoms with Crippen LogP contribution in [-0.2, 0) is 11.3 Å². The van der Waals surface area contributed by atoms with E-state index in [1.165, 1.54) is 12.1 Å². The lowest BCUT2D eigenvalue weighted by molar-refractivity contribution is -0.116. The van der Waals surface area contributed by atoms with Gasteiger partial charge in [0.15, 0.2) is 5.82 Å². The maximum Gasteiger partial charge on any atom is 0.247 e. The second-order valence-electron chi connectivity index (χ2n) is 5.17. The maximum atomic E-state index is 13.2. The predicted molar refractivity (Wildman–Crippen MR) is 84.4 cm³/mol. The topological polar surface area (TPSA) is 75.6 Å². The summed E-state index contributed by atoms with van der Waals surface area (Å²) in [5.74, 6) is -0.236. The molecule has 0 radical (unpaired) electrons. The van der Waals surface area contributed by atoms with Crippen molar-refractivity contribution in [1.82, 2.24) is 20.0 Å². The molecule has 0 atom stereocenters. The molecule has 114 valence electrons. The van der Waals surface area contributed by atoms with Gasteiger partial charge in [0.25, 0.3) is 0 Å². The van der Waals surface area contributed by atoms with Gasteiger partial charge in [0.05, 0.1) is 17.2 Å². The number of rotatable bonds is 3. The molecule has 0 aliphatic rings. The van der Waals surface area contributed by atoms with Crippen molar-refractivity contribution >= 4 is 33.5 Å². The molecule has 0 spiro atoms. The van der Waals surface area contributed by atoms with E-state index in [-0.39, 0.29) is 18.3 Å². The van der Waals surface area contributed by atoms with Crippen molar-refractivity contribution in [2.24, 2.45) is 0 Å². The first-order valence-corrected chi connectivity index (χ1v) is 7.05. The molecular weight excluding hydrogens is 297 g/mol. The molecular formula is C16H12FN5O. The Morgan fingerprint density at radius 1 is 1.26 bits per heavy atom. The lowest BCUT2D eigenvalue weighted by Crippen LogP contribution is -2.19. The number of carbonyl (C=O) groups excluding carboxylic acids is 1. The van der Waals surface area contributed by atoms with Crippen molar-refractivity contribution in [3.05, 3.63) is 54.5 Å². The second kappa shape index (κ2) is 5.20. The zero-order chi connectivity index (χ0) is 15.8. The van der Waals surface area contributed by atoms with Gasteiger partial charge >= 0.3 is 0 Å². The number of anilines is 1. The predicted octanol–water partition coefficient (Wildman–Crippen LogP) is 2.69. The number of hydrogen-bond donors (Lipinski definition) is 2. The van der Waals surface area contributed by atoms with Gasteiger partial charge in [-0.15, -0.1) is 0 Å². The molecule has 23 heavy (non-hydrogen) atoms. The van der Waals surface area contributed by atoms with Crippen LogP contribution in [0.2, 0.25) is 0 Å². The van der Waals surface area contributed by atoms with Crippen molar-refractivity contribution in [2.45, 2.75) is 6.54 Å². The van der Waals surface area contributed by atoms with Gasteiger partial charge in [-0.05, 0) is 24.3 Å². The number of nitrogens with one attached hydrogen (secondary N) is 2. The third-order valence-electron chi connectivity index (χ3n) is 3.63. The van der Waals surface area contributed by atoms with Gasteiger partial charge < -0.3 is 5.32 Å². The van der Waals surface area contributed by atoms with E-state index in [1.807, 2.05) is 24.3 Å². The normalized spacial score (nSPS) is 11.2. The Kier molecular flexibility index (Phi) is 3.04. The zero-order valence-corrected chi connectivity index (χ0v) is 12.0. The number of nitrogens with zero attached hydrogens (tertiary/aromatic N) is 3. The molecule has 0 saturated carbocycles. The number of hydrogen-bond acceptors (Lipinski definition) is 3. The Hall–Kier alpha value is -3.22. The molecule has 0 aliphatic carbocycles. The van der Waals surface area contributed by atoms with E-state index in [0.29, 0.717) is 16.7 Å². The largest absolute Gasteiger partial charge is 0.307 e. The third-order valence-corrected chi connectivity index (χ3v) is 3.63. The first-order valence-electron chi connectivity index (χ1n) is 7.05. The van der Waals surface area contributed by atoms with Crippen LogP contribution in [0.5, 0.6) is 0 Å². The minimum absolute atomic E-state index is 0.0725. The molecule has 2 aromatic carbocycles. The van der Waals surface area contributed by atoms with Gasteiger partial charge in [-0.25, -0.2) is 4.39 Å². The molecule has 6 nitrogen and oxygen atoms in total. The van der Waals surface area contributed by atoms with Crippen LogP contribution in [0.3, 0.4) is 0 Å². The van der Waals surface area contributed by atoms with Gasteiger partial charge in [-0.2, -0.15) is 10.2 Å². The molecule has 0 unspecified atom stereocenters. The highest BCUT2D eigenvalue weighted by Gasteiger charge is 2.12. The summed E-state index contributed by atoms with van der Waals surface area (Å²) in [6, 6.07) is 11.9. The maximum absolute atomic E-state index is 13.2. The van der Waals surface area contributed by atoms with Crippen molar-refractivity contribution in [3.8, 4) is 0 Å². The summed E-state index contributed by atoms with van der Waals surface area (Å²) in [6.07, 6.45) is 1.72. The van der Waals surface area contributed by atoms with E-state index in [2.05, 4.69) is 20.6 Å². The van der Waals surface area contributed by atoms with Crippen LogP contribution < -0.4 is 5.32 Å². The number of aromatic nitrogens is 4. The van der Waals surface area contributed by atoms with Crippen LogP contribution in [0.15, 0.2) is 48.7 Å². The van der Waals surface area contributed by atoms with Crippen LogP contribution >= 0.6 is 0 Å². The first-order chi connectivity index (χ1) is 11.2. The number of carbonyl (C=O) groups is 1. The highest BCUT2D eigenvalue weighted by Crippen LogP contribution is 2.21. The van der Waals surface area contributed by atoms with E-state index in [9.17, 15) is 9.18 Å². The smallest absolute Gasteiger partial charge is 0.247 e. The van der Waals surface area contributed by atoms with E-state index in [1.54, 1.807) is 16.9 Å². The number of para-hydroxylation sites is 1. The number of amides is 1. The van der Waals surface area contributed by atoms with Gasteiger partial charge in [0, 0.05) is 10.8 Å². The van der Waals surface area contributed by atoms with E-state index >= 15 is 0 Å². The quantitative estimate of drug-likeness (QED) is 0.611. The van der Waals surface area contributed by atoms with Crippen LogP contribution in [0.1, 0.15) is 0 Å². The molecule has 4 rings (SSSR count). The second-order valence-corrected chi connectivity index (χ2v) is 5.17. The molecule has 4 aromatic rings. The molecule has 0 aliphatic heterocycles. The summed E-state index contributed by atoms with van der Waals surface area (Å²) in [4.78, 5) is 12.2. The summed E-state index contributed by atoms with van der Waals surface area (Å²) in [5.41, 5.74) is 1.42.